The maximum absolute atomic E-state index is 12.8. The number of benzene rings is 2. The Hall–Kier alpha value is -3.08. The third kappa shape index (κ3) is 3.20. The molecule has 0 bridgehead atoms. The molecule has 1 aliphatic rings. The fourth-order valence-electron chi connectivity index (χ4n) is 3.13. The number of carbonyl (C=O) groups is 1. The van der Waals surface area contributed by atoms with Gasteiger partial charge in [-0.15, -0.1) is 0 Å². The summed E-state index contributed by atoms with van der Waals surface area (Å²) in [5.74, 6) is 1.31. The molecule has 0 saturated heterocycles. The second-order valence-electron chi connectivity index (χ2n) is 6.54. The van der Waals surface area contributed by atoms with Gasteiger partial charge in [-0.3, -0.25) is 9.78 Å². The van der Waals surface area contributed by atoms with Gasteiger partial charge in [0.1, 0.15) is 12.7 Å². The molecular weight excluding hydrogens is 328 g/mol. The monoisotopic (exact) mass is 348 g/mol. The normalized spacial score (nSPS) is 15.7. The zero-order chi connectivity index (χ0) is 18.1. The number of pyridine rings is 1. The summed E-state index contributed by atoms with van der Waals surface area (Å²) in [5.41, 5.74) is 3.37. The molecule has 132 valence electrons. The number of aryl methyl sites for hydroxylation is 2. The Morgan fingerprint density at radius 3 is 2.81 bits per heavy atom. The van der Waals surface area contributed by atoms with Crippen molar-refractivity contribution >= 4 is 16.8 Å². The number of para-hydroxylation sites is 2. The van der Waals surface area contributed by atoms with Crippen molar-refractivity contribution in [3.63, 3.8) is 0 Å². The third-order valence-corrected chi connectivity index (χ3v) is 4.39. The van der Waals surface area contributed by atoms with Crippen LogP contribution in [0.2, 0.25) is 0 Å². The van der Waals surface area contributed by atoms with E-state index in [0.29, 0.717) is 24.5 Å². The first-order valence-corrected chi connectivity index (χ1v) is 8.65. The van der Waals surface area contributed by atoms with Crippen LogP contribution in [-0.2, 0) is 0 Å². The highest BCUT2D eigenvalue weighted by Gasteiger charge is 2.22. The first-order valence-electron chi connectivity index (χ1n) is 8.65. The molecule has 0 unspecified atom stereocenters. The van der Waals surface area contributed by atoms with Crippen molar-refractivity contribution in [2.45, 2.75) is 20.0 Å². The van der Waals surface area contributed by atoms with Gasteiger partial charge >= 0.3 is 0 Å². The van der Waals surface area contributed by atoms with Crippen molar-refractivity contribution < 1.29 is 14.3 Å². The van der Waals surface area contributed by atoms with Gasteiger partial charge in [0.15, 0.2) is 11.5 Å². The molecule has 0 aliphatic carbocycles. The molecule has 0 fully saturated rings. The first-order chi connectivity index (χ1) is 12.6. The summed E-state index contributed by atoms with van der Waals surface area (Å²) in [6.07, 6.45) is -0.218. The number of hydrogen-bond acceptors (Lipinski definition) is 4. The van der Waals surface area contributed by atoms with E-state index in [1.54, 1.807) is 0 Å². The zero-order valence-corrected chi connectivity index (χ0v) is 14.8. The lowest BCUT2D eigenvalue weighted by molar-refractivity contribution is 0.0790. The molecule has 1 amide bonds. The minimum atomic E-state index is -0.218. The van der Waals surface area contributed by atoms with Crippen LogP contribution >= 0.6 is 0 Å². The van der Waals surface area contributed by atoms with E-state index in [1.807, 2.05) is 62.4 Å². The van der Waals surface area contributed by atoms with Crippen molar-refractivity contribution in [3.05, 3.63) is 65.4 Å². The Morgan fingerprint density at radius 1 is 1.15 bits per heavy atom. The second kappa shape index (κ2) is 6.67. The molecule has 5 nitrogen and oxygen atoms in total. The van der Waals surface area contributed by atoms with Gasteiger partial charge in [-0.05, 0) is 44.2 Å². The third-order valence-electron chi connectivity index (χ3n) is 4.39. The Balaban J connectivity index is 1.51. The van der Waals surface area contributed by atoms with E-state index in [1.165, 1.54) is 0 Å². The smallest absolute Gasteiger partial charge is 0.252 e. The lowest BCUT2D eigenvalue weighted by Crippen LogP contribution is -2.40. The van der Waals surface area contributed by atoms with E-state index in [-0.39, 0.29) is 12.0 Å². The van der Waals surface area contributed by atoms with Crippen molar-refractivity contribution in [1.29, 1.82) is 0 Å². The number of nitrogens with zero attached hydrogens (tertiary/aromatic N) is 1. The van der Waals surface area contributed by atoms with E-state index < -0.39 is 0 Å². The molecular formula is C21H20N2O3. The van der Waals surface area contributed by atoms with E-state index in [4.69, 9.17) is 9.47 Å². The predicted molar refractivity (Wildman–Crippen MR) is 99.9 cm³/mol. The number of amides is 1. The fraction of sp³-hybridized carbons (Fsp3) is 0.238. The number of aromatic nitrogens is 1. The molecule has 3 aromatic rings. The molecule has 26 heavy (non-hydrogen) atoms. The number of nitrogens with one attached hydrogen (secondary N) is 1. The zero-order valence-electron chi connectivity index (χ0n) is 14.8. The van der Waals surface area contributed by atoms with Crippen molar-refractivity contribution in [1.82, 2.24) is 10.3 Å². The van der Waals surface area contributed by atoms with Gasteiger partial charge in [-0.1, -0.05) is 23.8 Å². The molecule has 0 spiro atoms. The molecule has 5 heteroatoms. The maximum Gasteiger partial charge on any atom is 0.252 e. The maximum atomic E-state index is 12.8. The SMILES string of the molecule is Cc1ccc2nc(C)cc(C(=O)NC[C@H]3COc4ccccc4O3)c2c1. The van der Waals surface area contributed by atoms with Crippen LogP contribution in [0.25, 0.3) is 10.9 Å². The lowest BCUT2D eigenvalue weighted by Gasteiger charge is -2.26. The molecule has 1 atom stereocenters. The molecule has 1 aliphatic heterocycles. The summed E-state index contributed by atoms with van der Waals surface area (Å²) in [4.78, 5) is 17.3. The van der Waals surface area contributed by atoms with Crippen molar-refractivity contribution in [3.8, 4) is 11.5 Å². The molecule has 2 aromatic carbocycles. The van der Waals surface area contributed by atoms with E-state index in [2.05, 4.69) is 10.3 Å². The summed E-state index contributed by atoms with van der Waals surface area (Å²) in [6, 6.07) is 15.3. The number of fused-ring (bicyclic) bond motifs is 2. The van der Waals surface area contributed by atoms with E-state index >= 15 is 0 Å². The minimum absolute atomic E-state index is 0.131. The van der Waals surface area contributed by atoms with Crippen LogP contribution in [0, 0.1) is 13.8 Å². The molecule has 2 heterocycles. The molecule has 1 N–H and O–H groups in total. The Kier molecular flexibility index (Phi) is 4.21. The second-order valence-corrected chi connectivity index (χ2v) is 6.54. The summed E-state index contributed by atoms with van der Waals surface area (Å²) in [7, 11) is 0. The number of ether oxygens (including phenoxy) is 2. The van der Waals surface area contributed by atoms with Crippen molar-refractivity contribution in [2.24, 2.45) is 0 Å². The molecule has 0 radical (unpaired) electrons. The number of hydrogen-bond donors (Lipinski definition) is 1. The van der Waals surface area contributed by atoms with E-state index in [9.17, 15) is 4.79 Å². The highest BCUT2D eigenvalue weighted by molar-refractivity contribution is 6.06. The minimum Gasteiger partial charge on any atom is -0.486 e. The van der Waals surface area contributed by atoms with Crippen LogP contribution in [0.15, 0.2) is 48.5 Å². The summed E-state index contributed by atoms with van der Waals surface area (Å²) < 4.78 is 11.6. The van der Waals surface area contributed by atoms with Crippen LogP contribution in [0.4, 0.5) is 0 Å². The Morgan fingerprint density at radius 2 is 1.96 bits per heavy atom. The average Bonchev–Trinajstić information content (AvgIpc) is 2.65. The van der Waals surface area contributed by atoms with Crippen LogP contribution in [0.1, 0.15) is 21.6 Å². The lowest BCUT2D eigenvalue weighted by atomic mass is 10.0. The van der Waals surface area contributed by atoms with Gasteiger partial charge < -0.3 is 14.8 Å². The van der Waals surface area contributed by atoms with E-state index in [0.717, 1.165) is 27.9 Å². The quantitative estimate of drug-likeness (QED) is 0.788. The predicted octanol–water partition coefficient (Wildman–Crippen LogP) is 3.42. The van der Waals surface area contributed by atoms with Gasteiger partial charge in [0.05, 0.1) is 17.6 Å². The van der Waals surface area contributed by atoms with Gasteiger partial charge in [0.25, 0.3) is 5.91 Å². The molecule has 1 aromatic heterocycles. The largest absolute Gasteiger partial charge is 0.486 e. The van der Waals surface area contributed by atoms with Gasteiger partial charge in [-0.25, -0.2) is 0 Å². The molecule has 4 rings (SSSR count). The average molecular weight is 348 g/mol. The highest BCUT2D eigenvalue weighted by Crippen LogP contribution is 2.30. The summed E-state index contributed by atoms with van der Waals surface area (Å²) in [6.45, 7) is 4.69. The highest BCUT2D eigenvalue weighted by atomic mass is 16.6. The summed E-state index contributed by atoms with van der Waals surface area (Å²) >= 11 is 0. The number of carbonyl (C=O) groups excluding carboxylic acids is 1. The number of rotatable bonds is 3. The van der Waals surface area contributed by atoms with Gasteiger partial charge in [0, 0.05) is 11.1 Å². The van der Waals surface area contributed by atoms with Gasteiger partial charge in [0.2, 0.25) is 0 Å². The van der Waals surface area contributed by atoms with Crippen LogP contribution in [0.5, 0.6) is 11.5 Å². The standard InChI is InChI=1S/C21H20N2O3/c1-13-7-8-18-16(9-13)17(10-14(2)23-18)21(24)22-11-15-12-25-19-5-3-4-6-20(19)26-15/h3-10,15H,11-12H2,1-2H3,(H,22,24)/t15-/m0/s1. The summed E-state index contributed by atoms with van der Waals surface area (Å²) in [5, 5.41) is 3.83. The molecule has 0 saturated carbocycles. The van der Waals surface area contributed by atoms with Crippen LogP contribution < -0.4 is 14.8 Å². The Bertz CT molecular complexity index is 984. The fourth-order valence-corrected chi connectivity index (χ4v) is 3.13. The first kappa shape index (κ1) is 16.4. The van der Waals surface area contributed by atoms with Crippen LogP contribution in [0.3, 0.4) is 0 Å². The topological polar surface area (TPSA) is 60.5 Å². The van der Waals surface area contributed by atoms with Crippen molar-refractivity contribution in [2.75, 3.05) is 13.2 Å². The van der Waals surface area contributed by atoms with Crippen LogP contribution in [-0.4, -0.2) is 30.1 Å². The van der Waals surface area contributed by atoms with Gasteiger partial charge in [-0.2, -0.15) is 0 Å². The Labute approximate surface area is 152 Å².